The molecule has 6 rings (SSSR count). The van der Waals surface area contributed by atoms with E-state index in [2.05, 4.69) is 17.4 Å². The summed E-state index contributed by atoms with van der Waals surface area (Å²) in [5.74, 6) is -0.0429. The van der Waals surface area contributed by atoms with E-state index in [4.69, 9.17) is 9.47 Å². The standard InChI is InChI=1S/C23H23NO5/c25-20(26)19(24-21(27)29-11-15-4-2-1-3-5-15)23-12-22(13-23,14-23)17-6-7-18-16(10-17)8-9-28-18/h1-7,10,19H,8-9,11-14H2,(H,24,27)(H,25,26). The van der Waals surface area contributed by atoms with E-state index in [0.717, 1.165) is 43.6 Å². The van der Waals surface area contributed by atoms with Crippen LogP contribution in [-0.4, -0.2) is 29.8 Å². The van der Waals surface area contributed by atoms with E-state index in [-0.39, 0.29) is 17.4 Å². The maximum atomic E-state index is 12.2. The molecule has 1 unspecified atom stereocenters. The van der Waals surface area contributed by atoms with Crippen LogP contribution in [0.3, 0.4) is 0 Å². The molecule has 2 bridgehead atoms. The average molecular weight is 393 g/mol. The molecular weight excluding hydrogens is 370 g/mol. The monoisotopic (exact) mass is 393 g/mol. The van der Waals surface area contributed by atoms with Crippen molar-refractivity contribution in [3.8, 4) is 5.75 Å². The Bertz CT molecular complexity index is 951. The summed E-state index contributed by atoms with van der Waals surface area (Å²) in [6, 6.07) is 14.7. The number of ether oxygens (including phenoxy) is 2. The van der Waals surface area contributed by atoms with Crippen molar-refractivity contribution in [3.63, 3.8) is 0 Å². The van der Waals surface area contributed by atoms with Crippen molar-refractivity contribution in [1.82, 2.24) is 5.32 Å². The fourth-order valence-corrected chi connectivity index (χ4v) is 5.35. The SMILES string of the molecule is O=C(NC(C(=O)O)C12CC(c3ccc4c(c3)CCO4)(C1)C2)OCc1ccccc1. The number of benzene rings is 2. The Morgan fingerprint density at radius 2 is 1.90 bits per heavy atom. The summed E-state index contributed by atoms with van der Waals surface area (Å²) in [5, 5.41) is 12.3. The average Bonchev–Trinajstić information content (AvgIpc) is 3.12. The highest BCUT2D eigenvalue weighted by molar-refractivity contribution is 5.82. The predicted molar refractivity (Wildman–Crippen MR) is 105 cm³/mol. The van der Waals surface area contributed by atoms with Gasteiger partial charge in [0, 0.05) is 11.8 Å². The molecular formula is C23H23NO5. The number of carboxylic acid groups (broad SMARTS) is 1. The quantitative estimate of drug-likeness (QED) is 0.786. The van der Waals surface area contributed by atoms with E-state index in [9.17, 15) is 14.7 Å². The van der Waals surface area contributed by atoms with E-state index in [0.29, 0.717) is 0 Å². The molecule has 150 valence electrons. The number of aliphatic carboxylic acids is 1. The molecule has 3 saturated carbocycles. The highest BCUT2D eigenvalue weighted by Gasteiger charge is 2.72. The highest BCUT2D eigenvalue weighted by Crippen LogP contribution is 2.75. The fourth-order valence-electron chi connectivity index (χ4n) is 5.35. The van der Waals surface area contributed by atoms with Crippen molar-refractivity contribution in [2.24, 2.45) is 5.41 Å². The molecule has 4 aliphatic rings. The van der Waals surface area contributed by atoms with Crippen molar-refractivity contribution in [3.05, 3.63) is 65.2 Å². The van der Waals surface area contributed by atoms with Crippen LogP contribution in [-0.2, 0) is 28.0 Å². The summed E-state index contributed by atoms with van der Waals surface area (Å²) in [6.45, 7) is 0.846. The topological polar surface area (TPSA) is 84.9 Å². The molecule has 0 saturated heterocycles. The van der Waals surface area contributed by atoms with E-state index in [1.807, 2.05) is 36.4 Å². The van der Waals surface area contributed by atoms with Crippen LogP contribution in [0.15, 0.2) is 48.5 Å². The molecule has 0 spiro atoms. The van der Waals surface area contributed by atoms with Gasteiger partial charge in [-0.2, -0.15) is 0 Å². The van der Waals surface area contributed by atoms with E-state index in [1.165, 1.54) is 11.1 Å². The minimum Gasteiger partial charge on any atom is -0.493 e. The second-order valence-electron chi connectivity index (χ2n) is 8.57. The first kappa shape index (κ1) is 18.0. The Hall–Kier alpha value is -3.02. The summed E-state index contributed by atoms with van der Waals surface area (Å²) in [5.41, 5.74) is 3.02. The number of hydrogen-bond donors (Lipinski definition) is 2. The number of rotatable bonds is 6. The smallest absolute Gasteiger partial charge is 0.408 e. The van der Waals surface area contributed by atoms with Crippen molar-refractivity contribution < 1.29 is 24.2 Å². The lowest BCUT2D eigenvalue weighted by molar-refractivity contribution is -0.183. The largest absolute Gasteiger partial charge is 0.493 e. The molecule has 2 aromatic carbocycles. The van der Waals surface area contributed by atoms with Gasteiger partial charge < -0.3 is 19.9 Å². The molecule has 6 heteroatoms. The van der Waals surface area contributed by atoms with Gasteiger partial charge in [-0.25, -0.2) is 9.59 Å². The number of fused-ring (bicyclic) bond motifs is 1. The summed E-state index contributed by atoms with van der Waals surface area (Å²) in [4.78, 5) is 24.1. The van der Waals surface area contributed by atoms with Gasteiger partial charge in [-0.05, 0) is 47.4 Å². The van der Waals surface area contributed by atoms with Gasteiger partial charge in [0.15, 0.2) is 0 Å². The zero-order chi connectivity index (χ0) is 20.1. The maximum absolute atomic E-state index is 12.2. The number of hydrogen-bond acceptors (Lipinski definition) is 4. The Morgan fingerprint density at radius 1 is 1.14 bits per heavy atom. The third-order valence-corrected chi connectivity index (χ3v) is 6.71. The highest BCUT2D eigenvalue weighted by atomic mass is 16.5. The Labute approximate surface area is 168 Å². The molecule has 0 aromatic heterocycles. The van der Waals surface area contributed by atoms with Crippen molar-refractivity contribution in [2.75, 3.05) is 6.61 Å². The Morgan fingerprint density at radius 3 is 2.62 bits per heavy atom. The van der Waals surface area contributed by atoms with E-state index >= 15 is 0 Å². The summed E-state index contributed by atoms with van der Waals surface area (Å²) in [6.07, 6.45) is 2.56. The van der Waals surface area contributed by atoms with Gasteiger partial charge in [-0.1, -0.05) is 42.5 Å². The van der Waals surface area contributed by atoms with Crippen molar-refractivity contribution >= 4 is 12.1 Å². The first-order chi connectivity index (χ1) is 14.0. The number of carbonyl (C=O) groups is 2. The molecule has 1 heterocycles. The van der Waals surface area contributed by atoms with Gasteiger partial charge in [-0.3, -0.25) is 0 Å². The minimum atomic E-state index is -1.00. The van der Waals surface area contributed by atoms with Gasteiger partial charge in [0.2, 0.25) is 0 Å². The molecule has 3 fully saturated rings. The van der Waals surface area contributed by atoms with Gasteiger partial charge >= 0.3 is 12.1 Å². The van der Waals surface area contributed by atoms with Crippen LogP contribution in [0.4, 0.5) is 4.79 Å². The zero-order valence-corrected chi connectivity index (χ0v) is 16.0. The van der Waals surface area contributed by atoms with Crippen LogP contribution in [0, 0.1) is 5.41 Å². The number of carbonyl (C=O) groups excluding carboxylic acids is 1. The molecule has 2 aromatic rings. The second-order valence-corrected chi connectivity index (χ2v) is 8.57. The van der Waals surface area contributed by atoms with Gasteiger partial charge in [-0.15, -0.1) is 0 Å². The normalized spacial score (nSPS) is 26.9. The molecule has 1 aliphatic heterocycles. The molecule has 1 amide bonds. The number of alkyl carbamates (subject to hydrolysis) is 1. The van der Waals surface area contributed by atoms with Crippen molar-refractivity contribution in [2.45, 2.75) is 43.7 Å². The lowest BCUT2D eigenvalue weighted by Gasteiger charge is -2.72. The van der Waals surface area contributed by atoms with Crippen LogP contribution >= 0.6 is 0 Å². The molecule has 0 radical (unpaired) electrons. The lowest BCUT2D eigenvalue weighted by atomic mass is 9.31. The van der Waals surface area contributed by atoms with E-state index in [1.54, 1.807) is 0 Å². The number of amides is 1. The van der Waals surface area contributed by atoms with Gasteiger partial charge in [0.1, 0.15) is 18.4 Å². The first-order valence-corrected chi connectivity index (χ1v) is 9.96. The molecule has 6 nitrogen and oxygen atoms in total. The number of nitrogens with one attached hydrogen (secondary N) is 1. The predicted octanol–water partition coefficient (Wildman–Crippen LogP) is 3.42. The van der Waals surface area contributed by atoms with Crippen molar-refractivity contribution in [1.29, 1.82) is 0 Å². The second kappa shape index (κ2) is 6.51. The summed E-state index contributed by atoms with van der Waals surface area (Å²) >= 11 is 0. The lowest BCUT2D eigenvalue weighted by Crippen LogP contribution is -2.73. The zero-order valence-electron chi connectivity index (χ0n) is 16.0. The minimum absolute atomic E-state index is 0.0426. The molecule has 1 atom stereocenters. The van der Waals surface area contributed by atoms with Crippen LogP contribution in [0.2, 0.25) is 0 Å². The fraction of sp³-hybridized carbons (Fsp3) is 0.391. The van der Waals surface area contributed by atoms with Crippen LogP contribution in [0.25, 0.3) is 0 Å². The molecule has 2 N–H and O–H groups in total. The summed E-state index contributed by atoms with van der Waals surface area (Å²) in [7, 11) is 0. The van der Waals surface area contributed by atoms with Crippen LogP contribution < -0.4 is 10.1 Å². The molecule has 3 aliphatic carbocycles. The van der Waals surface area contributed by atoms with Crippen LogP contribution in [0.1, 0.15) is 36.0 Å². The van der Waals surface area contributed by atoms with Crippen LogP contribution in [0.5, 0.6) is 5.75 Å². The van der Waals surface area contributed by atoms with E-state index < -0.39 is 18.1 Å². The number of carboxylic acids is 1. The molecule has 29 heavy (non-hydrogen) atoms. The maximum Gasteiger partial charge on any atom is 0.408 e. The van der Waals surface area contributed by atoms with Gasteiger partial charge in [0.05, 0.1) is 6.61 Å². The Kier molecular flexibility index (Phi) is 4.05. The third kappa shape index (κ3) is 2.94. The third-order valence-electron chi connectivity index (χ3n) is 6.71. The Balaban J connectivity index is 1.22. The first-order valence-electron chi connectivity index (χ1n) is 9.96. The van der Waals surface area contributed by atoms with Gasteiger partial charge in [0.25, 0.3) is 0 Å². The summed E-state index contributed by atoms with van der Waals surface area (Å²) < 4.78 is 10.8.